The first-order chi connectivity index (χ1) is 8.05. The normalized spacial score (nSPS) is 20.5. The molecular formula is C13H18ClNO2. The van der Waals surface area contributed by atoms with Gasteiger partial charge in [0, 0.05) is 18.1 Å². The Morgan fingerprint density at radius 3 is 2.59 bits per heavy atom. The van der Waals surface area contributed by atoms with E-state index < -0.39 is 5.60 Å². The first kappa shape index (κ1) is 12.8. The van der Waals surface area contributed by atoms with Crippen LogP contribution in [0.5, 0.6) is 0 Å². The highest BCUT2D eigenvalue weighted by Gasteiger charge is 2.34. The van der Waals surface area contributed by atoms with E-state index in [1.165, 1.54) is 0 Å². The monoisotopic (exact) mass is 255 g/mol. The predicted octanol–water partition coefficient (Wildman–Crippen LogP) is 1.75. The average Bonchev–Trinajstić information content (AvgIpc) is 2.33. The van der Waals surface area contributed by atoms with Gasteiger partial charge in [0.05, 0.1) is 12.2 Å². The third-order valence-corrected chi connectivity index (χ3v) is 3.79. The van der Waals surface area contributed by atoms with Crippen LogP contribution in [-0.4, -0.2) is 35.3 Å². The number of aliphatic hydroxyl groups is 2. The van der Waals surface area contributed by atoms with Gasteiger partial charge < -0.3 is 15.1 Å². The molecule has 0 atom stereocenters. The molecule has 1 aromatic rings. The van der Waals surface area contributed by atoms with Crippen molar-refractivity contribution in [2.75, 3.05) is 20.1 Å². The van der Waals surface area contributed by atoms with E-state index in [1.807, 2.05) is 13.1 Å². The highest BCUT2D eigenvalue weighted by Crippen LogP contribution is 2.35. The lowest BCUT2D eigenvalue weighted by Crippen LogP contribution is -2.41. The lowest BCUT2D eigenvalue weighted by Gasteiger charge is -2.37. The molecule has 17 heavy (non-hydrogen) atoms. The molecule has 1 fully saturated rings. The molecule has 0 aromatic heterocycles. The topological polar surface area (TPSA) is 43.7 Å². The molecule has 1 aliphatic rings. The van der Waals surface area contributed by atoms with Crippen LogP contribution in [0.4, 0.5) is 0 Å². The number of aliphatic hydroxyl groups excluding tert-OH is 1. The van der Waals surface area contributed by atoms with Crippen LogP contribution in [0, 0.1) is 0 Å². The summed E-state index contributed by atoms with van der Waals surface area (Å²) in [4.78, 5) is 2.20. The molecule has 0 amide bonds. The summed E-state index contributed by atoms with van der Waals surface area (Å²) in [7, 11) is 2.05. The molecule has 0 unspecified atom stereocenters. The Kier molecular flexibility index (Phi) is 3.73. The second-order valence-corrected chi connectivity index (χ2v) is 5.23. The third kappa shape index (κ3) is 2.63. The average molecular weight is 256 g/mol. The van der Waals surface area contributed by atoms with Gasteiger partial charge in [0.2, 0.25) is 0 Å². The Bertz CT molecular complexity index is 400. The van der Waals surface area contributed by atoms with Gasteiger partial charge in [0.1, 0.15) is 0 Å². The Morgan fingerprint density at radius 2 is 2.00 bits per heavy atom. The minimum Gasteiger partial charge on any atom is -0.392 e. The Labute approximate surface area is 107 Å². The van der Waals surface area contributed by atoms with Crippen LogP contribution in [0.15, 0.2) is 18.2 Å². The summed E-state index contributed by atoms with van der Waals surface area (Å²) >= 11 is 5.90. The summed E-state index contributed by atoms with van der Waals surface area (Å²) in [5.74, 6) is 0. The van der Waals surface area contributed by atoms with Gasteiger partial charge in [0.15, 0.2) is 0 Å². The van der Waals surface area contributed by atoms with Crippen LogP contribution in [0.1, 0.15) is 24.0 Å². The van der Waals surface area contributed by atoms with Crippen LogP contribution in [0.25, 0.3) is 0 Å². The number of hydrogen-bond donors (Lipinski definition) is 2. The van der Waals surface area contributed by atoms with Crippen molar-refractivity contribution >= 4 is 11.6 Å². The summed E-state index contributed by atoms with van der Waals surface area (Å²) in [6.07, 6.45) is 1.39. The zero-order valence-corrected chi connectivity index (χ0v) is 10.7. The van der Waals surface area contributed by atoms with Crippen LogP contribution < -0.4 is 0 Å². The van der Waals surface area contributed by atoms with Gasteiger partial charge in [-0.25, -0.2) is 0 Å². The molecule has 2 N–H and O–H groups in total. The van der Waals surface area contributed by atoms with Crippen molar-refractivity contribution < 1.29 is 10.2 Å². The maximum absolute atomic E-state index is 10.7. The molecule has 2 rings (SSSR count). The summed E-state index contributed by atoms with van der Waals surface area (Å²) in [6.45, 7) is 1.64. The quantitative estimate of drug-likeness (QED) is 0.846. The summed E-state index contributed by atoms with van der Waals surface area (Å²) in [6, 6.07) is 5.33. The maximum atomic E-state index is 10.7. The van der Waals surface area contributed by atoms with Crippen molar-refractivity contribution in [1.82, 2.24) is 4.90 Å². The zero-order chi connectivity index (χ0) is 12.5. The molecule has 0 radical (unpaired) electrons. The molecule has 94 valence electrons. The molecule has 1 aromatic carbocycles. The van der Waals surface area contributed by atoms with E-state index in [2.05, 4.69) is 4.90 Å². The fourth-order valence-corrected chi connectivity index (χ4v) is 2.60. The van der Waals surface area contributed by atoms with Gasteiger partial charge in [0.25, 0.3) is 0 Å². The van der Waals surface area contributed by atoms with E-state index in [-0.39, 0.29) is 6.61 Å². The molecule has 4 heteroatoms. The highest BCUT2D eigenvalue weighted by atomic mass is 35.5. The fraction of sp³-hybridized carbons (Fsp3) is 0.538. The molecule has 0 spiro atoms. The van der Waals surface area contributed by atoms with Crippen LogP contribution in [0.3, 0.4) is 0 Å². The van der Waals surface area contributed by atoms with Gasteiger partial charge >= 0.3 is 0 Å². The first-order valence-electron chi connectivity index (χ1n) is 5.86. The smallest absolute Gasteiger partial charge is 0.0924 e. The summed E-state index contributed by atoms with van der Waals surface area (Å²) in [5.41, 5.74) is 0.719. The summed E-state index contributed by atoms with van der Waals surface area (Å²) in [5, 5.41) is 20.6. The van der Waals surface area contributed by atoms with Gasteiger partial charge in [-0.3, -0.25) is 0 Å². The first-order valence-corrected chi connectivity index (χ1v) is 6.24. The van der Waals surface area contributed by atoms with Crippen molar-refractivity contribution in [2.24, 2.45) is 0 Å². The number of benzene rings is 1. The molecule has 0 saturated carbocycles. The number of rotatable bonds is 2. The zero-order valence-electron chi connectivity index (χ0n) is 9.99. The molecule has 0 bridgehead atoms. The molecular weight excluding hydrogens is 238 g/mol. The molecule has 0 aliphatic carbocycles. The van der Waals surface area contributed by atoms with E-state index >= 15 is 0 Å². The Hall–Kier alpha value is -0.610. The number of likely N-dealkylation sites (tertiary alicyclic amines) is 1. The largest absolute Gasteiger partial charge is 0.392 e. The number of hydrogen-bond acceptors (Lipinski definition) is 3. The van der Waals surface area contributed by atoms with Crippen molar-refractivity contribution in [3.05, 3.63) is 34.3 Å². The van der Waals surface area contributed by atoms with E-state index in [0.717, 1.165) is 24.2 Å². The highest BCUT2D eigenvalue weighted by molar-refractivity contribution is 6.30. The number of piperidine rings is 1. The fourth-order valence-electron chi connectivity index (χ4n) is 2.40. The minimum atomic E-state index is -0.824. The molecule has 1 heterocycles. The molecule has 3 nitrogen and oxygen atoms in total. The van der Waals surface area contributed by atoms with E-state index in [9.17, 15) is 10.2 Å². The minimum absolute atomic E-state index is 0.0892. The predicted molar refractivity (Wildman–Crippen MR) is 68.0 cm³/mol. The van der Waals surface area contributed by atoms with Gasteiger partial charge in [-0.15, -0.1) is 0 Å². The van der Waals surface area contributed by atoms with Crippen LogP contribution in [-0.2, 0) is 12.2 Å². The van der Waals surface area contributed by atoms with Crippen molar-refractivity contribution in [3.63, 3.8) is 0 Å². The SMILES string of the molecule is CN1CCC(O)(c2ccc(Cl)cc2CO)CC1. The summed E-state index contributed by atoms with van der Waals surface area (Å²) < 4.78 is 0. The van der Waals surface area contributed by atoms with Crippen molar-refractivity contribution in [1.29, 1.82) is 0 Å². The van der Waals surface area contributed by atoms with E-state index in [4.69, 9.17) is 11.6 Å². The lowest BCUT2D eigenvalue weighted by atomic mass is 9.82. The van der Waals surface area contributed by atoms with Gasteiger partial charge in [-0.1, -0.05) is 17.7 Å². The van der Waals surface area contributed by atoms with E-state index in [1.54, 1.807) is 12.1 Å². The van der Waals surface area contributed by atoms with Crippen molar-refractivity contribution in [2.45, 2.75) is 25.0 Å². The number of halogens is 1. The van der Waals surface area contributed by atoms with Gasteiger partial charge in [-0.2, -0.15) is 0 Å². The van der Waals surface area contributed by atoms with Crippen LogP contribution in [0.2, 0.25) is 5.02 Å². The second kappa shape index (κ2) is 4.94. The standard InChI is InChI=1S/C13H18ClNO2/c1-15-6-4-13(17,5-7-15)12-3-2-11(14)8-10(12)9-16/h2-3,8,16-17H,4-7,9H2,1H3. The Morgan fingerprint density at radius 1 is 1.35 bits per heavy atom. The van der Waals surface area contributed by atoms with Gasteiger partial charge in [-0.05, 0) is 43.1 Å². The lowest BCUT2D eigenvalue weighted by molar-refractivity contribution is -0.0217. The Balaban J connectivity index is 2.32. The second-order valence-electron chi connectivity index (χ2n) is 4.79. The van der Waals surface area contributed by atoms with E-state index in [0.29, 0.717) is 17.9 Å². The molecule has 1 aliphatic heterocycles. The maximum Gasteiger partial charge on any atom is 0.0924 e. The van der Waals surface area contributed by atoms with Crippen molar-refractivity contribution in [3.8, 4) is 0 Å². The third-order valence-electron chi connectivity index (χ3n) is 3.55. The number of nitrogens with zero attached hydrogens (tertiary/aromatic N) is 1. The molecule has 1 saturated heterocycles. The van der Waals surface area contributed by atoms with Crippen LogP contribution >= 0.6 is 11.6 Å².